The number of phenols is 1. The normalized spacial score (nSPS) is 15.4. The van der Waals surface area contributed by atoms with E-state index < -0.39 is 17.4 Å². The van der Waals surface area contributed by atoms with Crippen molar-refractivity contribution in [3.05, 3.63) is 59.1 Å². The molecular weight excluding hydrogens is 466 g/mol. The summed E-state index contributed by atoms with van der Waals surface area (Å²) in [5.41, 5.74) is 0.417. The molecule has 0 spiro atoms. The van der Waals surface area contributed by atoms with E-state index in [1.54, 1.807) is 4.90 Å². The first-order valence-electron chi connectivity index (χ1n) is 10.6. The summed E-state index contributed by atoms with van der Waals surface area (Å²) in [7, 11) is 0. The lowest BCUT2D eigenvalue weighted by Gasteiger charge is -2.37. The van der Waals surface area contributed by atoms with Crippen LogP contribution >= 0.6 is 11.6 Å². The molecule has 7 nitrogen and oxygen atoms in total. The van der Waals surface area contributed by atoms with E-state index in [-0.39, 0.29) is 45.7 Å². The minimum Gasteiger partial charge on any atom is -0.507 e. The smallest absolute Gasteiger partial charge is 0.246 e. The van der Waals surface area contributed by atoms with Crippen LogP contribution in [0.15, 0.2) is 36.9 Å². The highest BCUT2D eigenvalue weighted by Crippen LogP contribution is 2.45. The highest BCUT2D eigenvalue weighted by molar-refractivity contribution is 6.34. The maximum atomic E-state index is 15.9. The number of halogens is 3. The topological polar surface area (TPSA) is 85.8 Å². The summed E-state index contributed by atoms with van der Waals surface area (Å²) in [5.74, 6) is -2.44. The molecule has 0 bridgehead atoms. The molecule has 34 heavy (non-hydrogen) atoms. The molecule has 1 aromatic heterocycles. The number of benzene rings is 2. The third-order valence-electron chi connectivity index (χ3n) is 6.16. The van der Waals surface area contributed by atoms with Crippen LogP contribution in [0.2, 0.25) is 5.02 Å². The molecule has 0 aliphatic carbocycles. The number of rotatable bonds is 3. The Morgan fingerprint density at radius 1 is 1.21 bits per heavy atom. The minimum atomic E-state index is -0.909. The van der Waals surface area contributed by atoms with Crippen molar-refractivity contribution < 1.29 is 23.5 Å². The van der Waals surface area contributed by atoms with Gasteiger partial charge in [-0.05, 0) is 24.3 Å². The fraction of sp³-hybridized carbons (Fsp3) is 0.208. The molecule has 174 valence electrons. The fourth-order valence-electron chi connectivity index (χ4n) is 4.59. The summed E-state index contributed by atoms with van der Waals surface area (Å²) >= 11 is 6.45. The van der Waals surface area contributed by atoms with Crippen molar-refractivity contribution in [2.75, 3.05) is 36.4 Å². The first kappa shape index (κ1) is 22.1. The van der Waals surface area contributed by atoms with Gasteiger partial charge < -0.3 is 20.2 Å². The predicted octanol–water partition coefficient (Wildman–Crippen LogP) is 3.87. The number of carbonyl (C=O) groups is 2. The Hall–Kier alpha value is -3.72. The number of fused-ring (bicyclic) bond motifs is 2. The van der Waals surface area contributed by atoms with Crippen molar-refractivity contribution in [1.29, 1.82) is 0 Å². The van der Waals surface area contributed by atoms with Gasteiger partial charge in [0.2, 0.25) is 11.8 Å². The van der Waals surface area contributed by atoms with Gasteiger partial charge in [-0.2, -0.15) is 0 Å². The average molecular weight is 485 g/mol. The molecule has 2 aliphatic heterocycles. The SMILES string of the molecule is C=CC(=O)N1CCN(c2c3c(nc4c(F)c(-c5c(O)cccc5F)c(Cl)cc24)NC(=O)C3)CC1. The minimum absolute atomic E-state index is 0.0640. The van der Waals surface area contributed by atoms with Gasteiger partial charge in [-0.25, -0.2) is 13.8 Å². The van der Waals surface area contributed by atoms with E-state index >= 15 is 4.39 Å². The molecular formula is C24H19ClF2N4O3. The molecule has 0 unspecified atom stereocenters. The average Bonchev–Trinajstić information content (AvgIpc) is 3.19. The van der Waals surface area contributed by atoms with Gasteiger partial charge >= 0.3 is 0 Å². The highest BCUT2D eigenvalue weighted by Gasteiger charge is 2.32. The number of pyridine rings is 1. The molecule has 2 N–H and O–H groups in total. The molecule has 2 amide bonds. The molecule has 0 atom stereocenters. The number of phenolic OH excluding ortho intramolecular Hbond substituents is 1. The van der Waals surface area contributed by atoms with Crippen molar-refractivity contribution in [2.24, 2.45) is 0 Å². The second-order valence-corrected chi connectivity index (χ2v) is 8.51. The van der Waals surface area contributed by atoms with Crippen molar-refractivity contribution in [3.63, 3.8) is 0 Å². The lowest BCUT2D eigenvalue weighted by molar-refractivity contribution is -0.126. The summed E-state index contributed by atoms with van der Waals surface area (Å²) in [5, 5.41) is 13.1. The predicted molar refractivity (Wildman–Crippen MR) is 125 cm³/mol. The molecule has 10 heteroatoms. The van der Waals surface area contributed by atoms with Crippen LogP contribution in [0.5, 0.6) is 5.75 Å². The number of nitrogens with zero attached hydrogens (tertiary/aromatic N) is 3. The van der Waals surface area contributed by atoms with E-state index in [2.05, 4.69) is 16.9 Å². The van der Waals surface area contributed by atoms with Gasteiger partial charge in [0.25, 0.3) is 0 Å². The molecule has 2 aliphatic rings. The second-order valence-electron chi connectivity index (χ2n) is 8.11. The zero-order valence-corrected chi connectivity index (χ0v) is 18.6. The Bertz CT molecular complexity index is 1370. The summed E-state index contributed by atoms with van der Waals surface area (Å²) in [6.07, 6.45) is 1.32. The summed E-state index contributed by atoms with van der Waals surface area (Å²) in [4.78, 5) is 32.1. The van der Waals surface area contributed by atoms with Crippen LogP contribution in [0, 0.1) is 11.6 Å². The van der Waals surface area contributed by atoms with Gasteiger partial charge in [-0.1, -0.05) is 24.2 Å². The molecule has 3 heterocycles. The lowest BCUT2D eigenvalue weighted by Crippen LogP contribution is -2.48. The monoisotopic (exact) mass is 484 g/mol. The second kappa shape index (κ2) is 8.25. The van der Waals surface area contributed by atoms with Crippen molar-refractivity contribution in [1.82, 2.24) is 9.88 Å². The van der Waals surface area contributed by atoms with Gasteiger partial charge in [0, 0.05) is 42.7 Å². The van der Waals surface area contributed by atoms with E-state index in [1.165, 1.54) is 24.3 Å². The Labute approximate surface area is 198 Å². The number of carbonyl (C=O) groups excluding carboxylic acids is 2. The van der Waals surface area contributed by atoms with Crippen molar-refractivity contribution in [2.45, 2.75) is 6.42 Å². The molecule has 0 saturated carbocycles. The highest BCUT2D eigenvalue weighted by atomic mass is 35.5. The number of hydrogen-bond acceptors (Lipinski definition) is 5. The number of aromatic hydroxyl groups is 1. The van der Waals surface area contributed by atoms with Crippen LogP contribution in [-0.4, -0.2) is 53.0 Å². The number of amides is 2. The molecule has 1 fully saturated rings. The first-order valence-corrected chi connectivity index (χ1v) is 11.0. The van der Waals surface area contributed by atoms with Gasteiger partial charge in [0.15, 0.2) is 5.82 Å². The maximum Gasteiger partial charge on any atom is 0.246 e. The molecule has 5 rings (SSSR count). The van der Waals surface area contributed by atoms with Crippen LogP contribution in [0.3, 0.4) is 0 Å². The van der Waals surface area contributed by atoms with Crippen LogP contribution in [0.25, 0.3) is 22.0 Å². The van der Waals surface area contributed by atoms with Crippen LogP contribution in [0.4, 0.5) is 20.3 Å². The van der Waals surface area contributed by atoms with Crippen LogP contribution < -0.4 is 10.2 Å². The van der Waals surface area contributed by atoms with E-state index in [4.69, 9.17) is 11.6 Å². The standard InChI is InChI=1S/C24H19ClF2N4O3/c1-2-18(34)30-6-8-31(9-7-30)23-12-10-14(25)19(20-15(26)4-3-5-16(20)32)21(27)22(12)29-24-13(23)11-17(33)28-24/h2-5,10,32H,1,6-9,11H2,(H,28,29,33). The molecule has 1 saturated heterocycles. The Balaban J connectivity index is 1.71. The van der Waals surface area contributed by atoms with Gasteiger partial charge in [0.1, 0.15) is 22.9 Å². The zero-order valence-electron chi connectivity index (χ0n) is 17.9. The number of nitrogens with one attached hydrogen (secondary N) is 1. The number of aromatic nitrogens is 1. The van der Waals surface area contributed by atoms with E-state index in [0.29, 0.717) is 42.8 Å². The number of piperazine rings is 1. The summed E-state index contributed by atoms with van der Waals surface area (Å²) < 4.78 is 30.4. The first-order chi connectivity index (χ1) is 16.3. The number of anilines is 2. The largest absolute Gasteiger partial charge is 0.507 e. The zero-order chi connectivity index (χ0) is 24.1. The van der Waals surface area contributed by atoms with Crippen molar-refractivity contribution in [3.8, 4) is 16.9 Å². The molecule has 3 aromatic rings. The lowest BCUT2D eigenvalue weighted by atomic mass is 9.98. The molecule has 0 radical (unpaired) electrons. The van der Waals surface area contributed by atoms with E-state index in [1.807, 2.05) is 4.90 Å². The van der Waals surface area contributed by atoms with E-state index in [9.17, 15) is 19.1 Å². The Morgan fingerprint density at radius 2 is 1.94 bits per heavy atom. The third kappa shape index (κ3) is 3.43. The summed E-state index contributed by atoms with van der Waals surface area (Å²) in [6, 6.07) is 5.12. The number of hydrogen-bond donors (Lipinski definition) is 2. The maximum absolute atomic E-state index is 15.9. The Morgan fingerprint density at radius 3 is 2.62 bits per heavy atom. The van der Waals surface area contributed by atoms with Gasteiger partial charge in [0.05, 0.1) is 22.7 Å². The fourth-order valence-corrected chi connectivity index (χ4v) is 4.88. The quantitative estimate of drug-likeness (QED) is 0.551. The van der Waals surface area contributed by atoms with Gasteiger partial charge in [-0.3, -0.25) is 9.59 Å². The third-order valence-corrected chi connectivity index (χ3v) is 6.46. The Kier molecular flexibility index (Phi) is 5.36. The summed E-state index contributed by atoms with van der Waals surface area (Å²) in [6.45, 7) is 5.23. The van der Waals surface area contributed by atoms with Crippen LogP contribution in [-0.2, 0) is 16.0 Å². The molecule has 2 aromatic carbocycles. The van der Waals surface area contributed by atoms with Crippen molar-refractivity contribution >= 4 is 45.8 Å². The van der Waals surface area contributed by atoms with E-state index in [0.717, 1.165) is 6.07 Å². The van der Waals surface area contributed by atoms with Gasteiger partial charge in [-0.15, -0.1) is 0 Å². The van der Waals surface area contributed by atoms with Crippen LogP contribution in [0.1, 0.15) is 5.56 Å².